The highest BCUT2D eigenvalue weighted by molar-refractivity contribution is 7.89. The number of carbonyl (C=O) groups excluding carboxylic acids is 2. The number of sulfonamides is 1. The van der Waals surface area contributed by atoms with Crippen molar-refractivity contribution >= 4 is 21.8 Å². The van der Waals surface area contributed by atoms with Crippen molar-refractivity contribution in [2.75, 3.05) is 0 Å². The first-order chi connectivity index (χ1) is 12.7. The average molecular weight is 388 g/mol. The van der Waals surface area contributed by atoms with Crippen LogP contribution in [0.1, 0.15) is 41.3 Å². The van der Waals surface area contributed by atoms with Crippen LogP contribution in [0.2, 0.25) is 0 Å². The maximum Gasteiger partial charge on any atom is 0.261 e. The first-order valence-electron chi connectivity index (χ1n) is 8.66. The summed E-state index contributed by atoms with van der Waals surface area (Å²) in [6, 6.07) is 4.37. The van der Waals surface area contributed by atoms with Crippen molar-refractivity contribution in [2.24, 2.45) is 7.05 Å². The number of hydrogen-bond donors (Lipinski definition) is 1. The smallest absolute Gasteiger partial charge is 0.261 e. The van der Waals surface area contributed by atoms with Crippen molar-refractivity contribution < 1.29 is 18.0 Å². The highest BCUT2D eigenvalue weighted by Crippen LogP contribution is 2.36. The summed E-state index contributed by atoms with van der Waals surface area (Å²) < 4.78 is 29.5. The predicted octanol–water partition coefficient (Wildman–Crippen LogP) is 0.976. The standard InChI is InChI=1S/C18H20N4O4S/c1-18(5-6-18)20-27(25,26)14-4-3-13-7-16(23)22(17(24)15(13)8-14)11-12-9-19-21(2)10-12/h3-4,8-10,20H,5-7,11H2,1-2H3. The summed E-state index contributed by atoms with van der Waals surface area (Å²) in [7, 11) is -1.96. The van der Waals surface area contributed by atoms with E-state index in [2.05, 4.69) is 9.82 Å². The summed E-state index contributed by atoms with van der Waals surface area (Å²) in [5.41, 5.74) is 1.13. The molecule has 8 nitrogen and oxygen atoms in total. The van der Waals surface area contributed by atoms with Gasteiger partial charge < -0.3 is 0 Å². The highest BCUT2D eigenvalue weighted by Gasteiger charge is 2.41. The fraction of sp³-hybridized carbons (Fsp3) is 0.389. The maximum absolute atomic E-state index is 12.9. The number of hydrogen-bond acceptors (Lipinski definition) is 5. The van der Waals surface area contributed by atoms with E-state index in [1.807, 2.05) is 6.92 Å². The lowest BCUT2D eigenvalue weighted by molar-refractivity contribution is -0.128. The van der Waals surface area contributed by atoms with E-state index < -0.39 is 21.5 Å². The fourth-order valence-electron chi connectivity index (χ4n) is 3.16. The van der Waals surface area contributed by atoms with Crippen molar-refractivity contribution in [1.29, 1.82) is 0 Å². The van der Waals surface area contributed by atoms with Crippen molar-refractivity contribution in [1.82, 2.24) is 19.4 Å². The Hall–Kier alpha value is -2.52. The zero-order valence-corrected chi connectivity index (χ0v) is 15.9. The molecule has 0 atom stereocenters. The van der Waals surface area contributed by atoms with Gasteiger partial charge >= 0.3 is 0 Å². The third kappa shape index (κ3) is 3.40. The fourth-order valence-corrected chi connectivity index (χ4v) is 4.65. The minimum atomic E-state index is -3.72. The van der Waals surface area contributed by atoms with Gasteiger partial charge in [0.2, 0.25) is 15.9 Å². The first-order valence-corrected chi connectivity index (χ1v) is 10.1. The van der Waals surface area contributed by atoms with Crippen LogP contribution in [0.3, 0.4) is 0 Å². The summed E-state index contributed by atoms with van der Waals surface area (Å²) in [4.78, 5) is 26.5. The van der Waals surface area contributed by atoms with Gasteiger partial charge in [0.15, 0.2) is 0 Å². The van der Waals surface area contributed by atoms with Crippen LogP contribution in [-0.2, 0) is 34.8 Å². The molecule has 0 saturated heterocycles. The van der Waals surface area contributed by atoms with Crippen LogP contribution < -0.4 is 4.72 Å². The summed E-state index contributed by atoms with van der Waals surface area (Å²) in [6.07, 6.45) is 4.98. The molecule has 0 radical (unpaired) electrons. The largest absolute Gasteiger partial charge is 0.275 e. The van der Waals surface area contributed by atoms with Crippen LogP contribution in [0.25, 0.3) is 0 Å². The monoisotopic (exact) mass is 388 g/mol. The van der Waals surface area contributed by atoms with E-state index in [1.54, 1.807) is 30.2 Å². The van der Waals surface area contributed by atoms with E-state index >= 15 is 0 Å². The number of fused-ring (bicyclic) bond motifs is 1. The second kappa shape index (κ2) is 6.00. The van der Waals surface area contributed by atoms with Gasteiger partial charge in [0.05, 0.1) is 24.1 Å². The molecule has 2 aromatic rings. The van der Waals surface area contributed by atoms with E-state index in [-0.39, 0.29) is 29.3 Å². The molecule has 1 saturated carbocycles. The Morgan fingerprint density at radius 2 is 2.00 bits per heavy atom. The molecule has 27 heavy (non-hydrogen) atoms. The van der Waals surface area contributed by atoms with E-state index in [0.717, 1.165) is 23.3 Å². The normalized spacial score (nSPS) is 18.5. The SMILES string of the molecule is Cn1cc(CN2C(=O)Cc3ccc(S(=O)(=O)NC4(C)CC4)cc3C2=O)cn1. The lowest BCUT2D eigenvalue weighted by Gasteiger charge is -2.27. The van der Waals surface area contributed by atoms with Crippen molar-refractivity contribution in [3.8, 4) is 0 Å². The predicted molar refractivity (Wildman–Crippen MR) is 96.2 cm³/mol. The van der Waals surface area contributed by atoms with Crippen molar-refractivity contribution in [2.45, 2.75) is 43.2 Å². The van der Waals surface area contributed by atoms with Crippen molar-refractivity contribution in [3.63, 3.8) is 0 Å². The molecule has 1 aromatic carbocycles. The van der Waals surface area contributed by atoms with Gasteiger partial charge in [-0.1, -0.05) is 6.07 Å². The van der Waals surface area contributed by atoms with Crippen LogP contribution in [0.4, 0.5) is 0 Å². The lowest BCUT2D eigenvalue weighted by Crippen LogP contribution is -2.42. The highest BCUT2D eigenvalue weighted by atomic mass is 32.2. The molecule has 4 rings (SSSR count). The molecule has 0 spiro atoms. The topological polar surface area (TPSA) is 101 Å². The van der Waals surface area contributed by atoms with E-state index in [4.69, 9.17) is 0 Å². The minimum absolute atomic E-state index is 0.0402. The van der Waals surface area contributed by atoms with Crippen molar-refractivity contribution in [3.05, 3.63) is 47.3 Å². The van der Waals surface area contributed by atoms with Gasteiger partial charge in [0, 0.05) is 29.9 Å². The van der Waals surface area contributed by atoms with Gasteiger partial charge in [0.1, 0.15) is 0 Å². The molecule has 2 heterocycles. The molecule has 142 valence electrons. The van der Waals surface area contributed by atoms with E-state index in [9.17, 15) is 18.0 Å². The van der Waals surface area contributed by atoms with E-state index in [0.29, 0.717) is 5.56 Å². The number of nitrogens with zero attached hydrogens (tertiary/aromatic N) is 3. The Labute approximate surface area is 157 Å². The number of imide groups is 1. The van der Waals surface area contributed by atoms with Gasteiger partial charge in [-0.3, -0.25) is 19.2 Å². The molecule has 1 fully saturated rings. The van der Waals surface area contributed by atoms with Crippen LogP contribution in [0, 0.1) is 0 Å². The van der Waals surface area contributed by atoms with Gasteiger partial charge in [0.25, 0.3) is 5.91 Å². The minimum Gasteiger partial charge on any atom is -0.275 e. The van der Waals surface area contributed by atoms with E-state index in [1.165, 1.54) is 12.1 Å². The Morgan fingerprint density at radius 1 is 1.26 bits per heavy atom. The molecule has 1 aliphatic heterocycles. The molecule has 0 bridgehead atoms. The van der Waals surface area contributed by atoms with Crippen LogP contribution in [0.15, 0.2) is 35.5 Å². The quantitative estimate of drug-likeness (QED) is 0.770. The Kier molecular flexibility index (Phi) is 3.97. The zero-order chi connectivity index (χ0) is 19.4. The van der Waals surface area contributed by atoms with Crippen LogP contribution in [0.5, 0.6) is 0 Å². The van der Waals surface area contributed by atoms with Crippen LogP contribution >= 0.6 is 0 Å². The molecule has 9 heteroatoms. The molecule has 2 aliphatic rings. The molecule has 0 unspecified atom stereocenters. The van der Waals surface area contributed by atoms with Crippen LogP contribution in [-0.4, -0.2) is 40.5 Å². The summed E-state index contributed by atoms with van der Waals surface area (Å²) in [5, 5.41) is 4.04. The number of aryl methyl sites for hydroxylation is 1. The second-order valence-corrected chi connectivity index (χ2v) is 9.15. The van der Waals surface area contributed by atoms with Gasteiger partial charge in [-0.2, -0.15) is 5.10 Å². The summed E-state index contributed by atoms with van der Waals surface area (Å²) >= 11 is 0. The molecular formula is C18H20N4O4S. The number of aromatic nitrogens is 2. The Balaban J connectivity index is 1.64. The maximum atomic E-state index is 12.9. The number of rotatable bonds is 5. The Morgan fingerprint density at radius 3 is 2.63 bits per heavy atom. The first kappa shape index (κ1) is 17.9. The molecule has 1 aromatic heterocycles. The summed E-state index contributed by atoms with van der Waals surface area (Å²) in [6.45, 7) is 1.96. The average Bonchev–Trinajstić information content (AvgIpc) is 3.16. The number of amides is 2. The molecule has 1 N–H and O–H groups in total. The third-order valence-electron chi connectivity index (χ3n) is 4.99. The Bertz CT molecular complexity index is 1050. The van der Waals surface area contributed by atoms with Gasteiger partial charge in [-0.25, -0.2) is 13.1 Å². The summed E-state index contributed by atoms with van der Waals surface area (Å²) in [5.74, 6) is -0.796. The number of carbonyl (C=O) groups is 2. The zero-order valence-electron chi connectivity index (χ0n) is 15.1. The third-order valence-corrected chi connectivity index (χ3v) is 6.63. The second-order valence-electron chi connectivity index (χ2n) is 7.47. The molecule has 2 amide bonds. The lowest BCUT2D eigenvalue weighted by atomic mass is 9.98. The van der Waals surface area contributed by atoms with Gasteiger partial charge in [-0.15, -0.1) is 0 Å². The number of benzene rings is 1. The molecular weight excluding hydrogens is 368 g/mol. The molecule has 1 aliphatic carbocycles. The van der Waals surface area contributed by atoms with Gasteiger partial charge in [-0.05, 0) is 37.5 Å². The number of nitrogens with one attached hydrogen (secondary N) is 1.